The summed E-state index contributed by atoms with van der Waals surface area (Å²) in [6, 6.07) is 12.9. The summed E-state index contributed by atoms with van der Waals surface area (Å²) in [5, 5.41) is 5.48. The molecule has 0 aromatic heterocycles. The lowest BCUT2D eigenvalue weighted by Gasteiger charge is -2.30. The first kappa shape index (κ1) is 35.5. The Kier molecular flexibility index (Phi) is 12.5. The topological polar surface area (TPSA) is 154 Å². The number of esters is 2. The van der Waals surface area contributed by atoms with Crippen LogP contribution in [0.15, 0.2) is 53.4 Å². The highest BCUT2D eigenvalue weighted by Crippen LogP contribution is 2.30. The maximum atomic E-state index is 14.0. The molecule has 0 bridgehead atoms. The SMILES string of the molecule is COC(=O)[C@@H]1CCCCNC(=O)OCCC[C@H](C(=O)OC(C)(C)C)[C@@H](Cc2ccc(-c3ccccc3S(C)(=O)=O)cc2)C(=O)N1. The minimum absolute atomic E-state index is 0.0404. The quantitative estimate of drug-likeness (QED) is 0.348. The normalized spacial score (nSPS) is 20.8. The summed E-state index contributed by atoms with van der Waals surface area (Å²) >= 11 is 0. The number of sulfone groups is 1. The van der Waals surface area contributed by atoms with Crippen molar-refractivity contribution in [2.24, 2.45) is 11.8 Å². The molecule has 3 atom stereocenters. The fourth-order valence-corrected chi connectivity index (χ4v) is 6.15. The molecule has 0 unspecified atom stereocenters. The van der Waals surface area contributed by atoms with E-state index in [2.05, 4.69) is 10.6 Å². The van der Waals surface area contributed by atoms with E-state index in [0.29, 0.717) is 42.5 Å². The number of amides is 2. The van der Waals surface area contributed by atoms with Gasteiger partial charge in [-0.05, 0) is 76.5 Å². The van der Waals surface area contributed by atoms with E-state index in [4.69, 9.17) is 14.2 Å². The average molecular weight is 645 g/mol. The van der Waals surface area contributed by atoms with Crippen molar-refractivity contribution in [2.75, 3.05) is 26.5 Å². The molecule has 0 saturated carbocycles. The van der Waals surface area contributed by atoms with Crippen molar-refractivity contribution >= 4 is 33.8 Å². The zero-order chi connectivity index (χ0) is 33.2. The first-order valence-corrected chi connectivity index (χ1v) is 17.0. The molecule has 1 aliphatic rings. The lowest BCUT2D eigenvalue weighted by molar-refractivity contribution is -0.164. The van der Waals surface area contributed by atoms with Crippen molar-refractivity contribution in [1.82, 2.24) is 10.6 Å². The summed E-state index contributed by atoms with van der Waals surface area (Å²) in [6.07, 6.45) is 2.52. The van der Waals surface area contributed by atoms with E-state index >= 15 is 0 Å². The Hall–Kier alpha value is -3.93. The summed E-state index contributed by atoms with van der Waals surface area (Å²) < 4.78 is 40.7. The number of cyclic esters (lactones) is 1. The number of rotatable bonds is 6. The zero-order valence-corrected chi connectivity index (χ0v) is 27.4. The minimum atomic E-state index is -3.48. The number of alkyl carbamates (subject to hydrolysis) is 1. The Morgan fingerprint density at radius 2 is 1.64 bits per heavy atom. The molecule has 2 N–H and O–H groups in total. The van der Waals surface area contributed by atoms with Crippen molar-refractivity contribution in [3.05, 3.63) is 54.1 Å². The standard InChI is InChI=1S/C33H44N2O9S/c1-33(2,3)44-30(37)25-12-10-20-43-32(39)34-19-9-8-13-27(31(38)42-4)35-29(36)26(25)21-22-15-17-23(18-16-22)24-11-6-7-14-28(24)45(5,40)41/h6-7,11,14-18,25-27H,8-10,12-13,19-21H2,1-5H3,(H,34,39)(H,35,36)/t25-,26+,27-/m0/s1. The van der Waals surface area contributed by atoms with E-state index in [1.165, 1.54) is 7.11 Å². The van der Waals surface area contributed by atoms with Gasteiger partial charge in [-0.3, -0.25) is 9.59 Å². The van der Waals surface area contributed by atoms with Crippen molar-refractivity contribution in [3.63, 3.8) is 0 Å². The van der Waals surface area contributed by atoms with Gasteiger partial charge in [-0.1, -0.05) is 42.5 Å². The molecular weight excluding hydrogens is 600 g/mol. The predicted molar refractivity (Wildman–Crippen MR) is 168 cm³/mol. The smallest absolute Gasteiger partial charge is 0.407 e. The third-order valence-corrected chi connectivity index (χ3v) is 8.58. The fourth-order valence-electron chi connectivity index (χ4n) is 5.23. The molecule has 45 heavy (non-hydrogen) atoms. The van der Waals surface area contributed by atoms with Gasteiger partial charge in [0.2, 0.25) is 5.91 Å². The van der Waals surface area contributed by atoms with Crippen molar-refractivity contribution in [3.8, 4) is 11.1 Å². The lowest BCUT2D eigenvalue weighted by Crippen LogP contribution is -2.48. The van der Waals surface area contributed by atoms with Crippen LogP contribution in [0, 0.1) is 11.8 Å². The van der Waals surface area contributed by atoms with Crippen LogP contribution in [0.3, 0.4) is 0 Å². The van der Waals surface area contributed by atoms with Crippen LogP contribution in [0.4, 0.5) is 4.79 Å². The second-order valence-corrected chi connectivity index (χ2v) is 14.2. The molecule has 1 aliphatic heterocycles. The van der Waals surface area contributed by atoms with Gasteiger partial charge >= 0.3 is 18.0 Å². The molecular formula is C33H44N2O9S. The summed E-state index contributed by atoms with van der Waals surface area (Å²) in [4.78, 5) is 52.5. The summed E-state index contributed by atoms with van der Waals surface area (Å²) in [6.45, 7) is 5.59. The van der Waals surface area contributed by atoms with Crippen molar-refractivity contribution in [2.45, 2.75) is 75.8 Å². The van der Waals surface area contributed by atoms with Gasteiger partial charge in [0.05, 0.1) is 30.4 Å². The molecule has 11 nitrogen and oxygen atoms in total. The van der Waals surface area contributed by atoms with E-state index in [0.717, 1.165) is 6.26 Å². The van der Waals surface area contributed by atoms with Crippen LogP contribution in [0.25, 0.3) is 11.1 Å². The molecule has 12 heteroatoms. The highest BCUT2D eigenvalue weighted by molar-refractivity contribution is 7.90. The van der Waals surface area contributed by atoms with Crippen molar-refractivity contribution in [1.29, 1.82) is 0 Å². The zero-order valence-electron chi connectivity index (χ0n) is 26.6. The second-order valence-electron chi connectivity index (χ2n) is 12.2. The summed E-state index contributed by atoms with van der Waals surface area (Å²) in [5.41, 5.74) is 1.12. The van der Waals surface area contributed by atoms with E-state index < -0.39 is 57.3 Å². The molecule has 0 spiro atoms. The van der Waals surface area contributed by atoms with Gasteiger partial charge in [0, 0.05) is 18.4 Å². The molecule has 1 fully saturated rings. The molecule has 3 rings (SSSR count). The number of ether oxygens (including phenoxy) is 3. The Balaban J connectivity index is 2.00. The Morgan fingerprint density at radius 1 is 0.956 bits per heavy atom. The van der Waals surface area contributed by atoms with Crippen LogP contribution in [0.5, 0.6) is 0 Å². The number of hydrogen-bond donors (Lipinski definition) is 2. The van der Waals surface area contributed by atoms with Gasteiger partial charge in [-0.25, -0.2) is 18.0 Å². The number of benzene rings is 2. The number of nitrogens with one attached hydrogen (secondary N) is 2. The molecule has 2 aromatic rings. The van der Waals surface area contributed by atoms with E-state index in [1.54, 1.807) is 69.3 Å². The molecule has 1 saturated heterocycles. The average Bonchev–Trinajstić information content (AvgIpc) is 2.98. The van der Waals surface area contributed by atoms with E-state index in [1.807, 2.05) is 0 Å². The number of methoxy groups -OCH3 is 1. The van der Waals surface area contributed by atoms with Crippen LogP contribution in [0.1, 0.15) is 58.4 Å². The van der Waals surface area contributed by atoms with E-state index in [-0.39, 0.29) is 30.8 Å². The Bertz CT molecular complexity index is 1450. The lowest BCUT2D eigenvalue weighted by atomic mass is 9.82. The molecule has 246 valence electrons. The van der Waals surface area contributed by atoms with E-state index in [9.17, 15) is 27.6 Å². The highest BCUT2D eigenvalue weighted by atomic mass is 32.2. The molecule has 2 aromatic carbocycles. The first-order valence-electron chi connectivity index (χ1n) is 15.1. The van der Waals surface area contributed by atoms with Crippen LogP contribution >= 0.6 is 0 Å². The van der Waals surface area contributed by atoms with Crippen LogP contribution in [-0.4, -0.2) is 70.5 Å². The molecule has 0 radical (unpaired) electrons. The van der Waals surface area contributed by atoms with Gasteiger partial charge in [0.25, 0.3) is 0 Å². The predicted octanol–water partition coefficient (Wildman–Crippen LogP) is 4.22. The second kappa shape index (κ2) is 15.9. The molecule has 1 heterocycles. The Morgan fingerprint density at radius 3 is 2.29 bits per heavy atom. The summed E-state index contributed by atoms with van der Waals surface area (Å²) in [7, 11) is -2.23. The van der Waals surface area contributed by atoms with Gasteiger partial charge in [-0.2, -0.15) is 0 Å². The van der Waals surface area contributed by atoms with Crippen LogP contribution < -0.4 is 10.6 Å². The van der Waals surface area contributed by atoms with Gasteiger partial charge in [-0.15, -0.1) is 0 Å². The number of carbonyl (C=O) groups is 4. The van der Waals surface area contributed by atoms with Crippen molar-refractivity contribution < 1.29 is 41.8 Å². The molecule has 2 amide bonds. The minimum Gasteiger partial charge on any atom is -0.467 e. The largest absolute Gasteiger partial charge is 0.467 e. The van der Waals surface area contributed by atoms with Gasteiger partial charge in [0.15, 0.2) is 9.84 Å². The Labute approximate surface area is 265 Å². The third kappa shape index (κ3) is 10.9. The molecule has 0 aliphatic carbocycles. The monoisotopic (exact) mass is 644 g/mol. The first-order chi connectivity index (χ1) is 21.2. The van der Waals surface area contributed by atoms with Gasteiger partial charge < -0.3 is 24.8 Å². The summed E-state index contributed by atoms with van der Waals surface area (Å²) in [5.74, 6) is -3.56. The van der Waals surface area contributed by atoms with Crippen LogP contribution in [0.2, 0.25) is 0 Å². The number of carbonyl (C=O) groups excluding carboxylic acids is 4. The maximum absolute atomic E-state index is 14.0. The van der Waals surface area contributed by atoms with Crippen LogP contribution in [-0.2, 0) is 44.9 Å². The highest BCUT2D eigenvalue weighted by Gasteiger charge is 2.38. The maximum Gasteiger partial charge on any atom is 0.407 e. The fraction of sp³-hybridized carbons (Fsp3) is 0.515. The number of hydrogen-bond acceptors (Lipinski definition) is 9. The third-order valence-electron chi connectivity index (χ3n) is 7.42. The van der Waals surface area contributed by atoms with Gasteiger partial charge in [0.1, 0.15) is 11.6 Å².